The first kappa shape index (κ1) is 10.5. The van der Waals surface area contributed by atoms with Crippen molar-refractivity contribution in [3.05, 3.63) is 34.6 Å². The van der Waals surface area contributed by atoms with Crippen molar-refractivity contribution in [1.29, 1.82) is 0 Å². The van der Waals surface area contributed by atoms with Gasteiger partial charge >= 0.3 is 0 Å². The van der Waals surface area contributed by atoms with E-state index in [1.54, 1.807) is 23.7 Å². The van der Waals surface area contributed by atoms with Crippen LogP contribution in [0.4, 0.5) is 0 Å². The van der Waals surface area contributed by atoms with Crippen molar-refractivity contribution in [2.45, 2.75) is 6.42 Å². The molecule has 3 nitrogen and oxygen atoms in total. The highest BCUT2D eigenvalue weighted by Gasteiger charge is 2.09. The summed E-state index contributed by atoms with van der Waals surface area (Å²) >= 11 is 7.59. The van der Waals surface area contributed by atoms with Gasteiger partial charge in [-0.1, -0.05) is 11.6 Å². The lowest BCUT2D eigenvalue weighted by Gasteiger charge is -1.92. The molecule has 0 saturated carbocycles. The van der Waals surface area contributed by atoms with E-state index in [1.807, 2.05) is 12.1 Å². The van der Waals surface area contributed by atoms with E-state index in [-0.39, 0.29) is 0 Å². The molecule has 0 saturated heterocycles. The van der Waals surface area contributed by atoms with Crippen molar-refractivity contribution in [3.8, 4) is 10.6 Å². The molecule has 2 N–H and O–H groups in total. The van der Waals surface area contributed by atoms with Crippen molar-refractivity contribution in [3.63, 3.8) is 0 Å². The van der Waals surface area contributed by atoms with Gasteiger partial charge in [0, 0.05) is 22.8 Å². The highest BCUT2D eigenvalue weighted by Crippen LogP contribution is 2.30. The Bertz CT molecular complexity index is 441. The molecule has 0 atom stereocenters. The van der Waals surface area contributed by atoms with Crippen molar-refractivity contribution in [2.75, 3.05) is 6.54 Å². The fourth-order valence-electron chi connectivity index (χ4n) is 1.24. The minimum Gasteiger partial charge on any atom is -0.330 e. The number of aromatic nitrogens is 2. The van der Waals surface area contributed by atoms with Gasteiger partial charge in [-0.2, -0.15) is 0 Å². The lowest BCUT2D eigenvalue weighted by molar-refractivity contribution is 0.984. The second-order valence-electron chi connectivity index (χ2n) is 3.01. The molecule has 0 aliphatic rings. The van der Waals surface area contributed by atoms with Crippen LogP contribution in [-0.2, 0) is 6.42 Å². The summed E-state index contributed by atoms with van der Waals surface area (Å²) in [5, 5.41) is 1.49. The third-order valence-electron chi connectivity index (χ3n) is 1.95. The first-order valence-corrected chi connectivity index (χ1v) is 5.76. The third-order valence-corrected chi connectivity index (χ3v) is 3.54. The Morgan fingerprint density at radius 3 is 2.73 bits per heavy atom. The van der Waals surface area contributed by atoms with E-state index < -0.39 is 0 Å². The van der Waals surface area contributed by atoms with Gasteiger partial charge in [0.1, 0.15) is 10.2 Å². The molecular formula is C10H10ClN3S. The summed E-state index contributed by atoms with van der Waals surface area (Å²) in [5.41, 5.74) is 6.53. The lowest BCUT2D eigenvalue weighted by atomic mass is 10.3. The van der Waals surface area contributed by atoms with Gasteiger partial charge in [0.25, 0.3) is 0 Å². The Hall–Kier alpha value is -0.970. The second-order valence-corrected chi connectivity index (χ2v) is 4.45. The molecule has 0 bridgehead atoms. The van der Waals surface area contributed by atoms with Crippen LogP contribution in [-0.4, -0.2) is 16.5 Å². The maximum atomic E-state index is 6.00. The molecular weight excluding hydrogens is 230 g/mol. The molecule has 2 rings (SSSR count). The van der Waals surface area contributed by atoms with E-state index in [9.17, 15) is 0 Å². The molecule has 0 unspecified atom stereocenters. The van der Waals surface area contributed by atoms with Gasteiger partial charge in [0.15, 0.2) is 0 Å². The van der Waals surface area contributed by atoms with Crippen molar-refractivity contribution >= 4 is 22.9 Å². The topological polar surface area (TPSA) is 51.8 Å². The minimum atomic E-state index is 0.567. The predicted molar refractivity (Wildman–Crippen MR) is 63.1 cm³/mol. The summed E-state index contributed by atoms with van der Waals surface area (Å²) in [6, 6.07) is 3.84. The smallest absolute Gasteiger partial charge is 0.143 e. The number of hydrogen-bond donors (Lipinski definition) is 1. The number of thiazole rings is 1. The van der Waals surface area contributed by atoms with Gasteiger partial charge in [-0.15, -0.1) is 11.3 Å². The molecule has 0 aliphatic carbocycles. The van der Waals surface area contributed by atoms with Crippen molar-refractivity contribution in [2.24, 2.45) is 5.73 Å². The highest BCUT2D eigenvalue weighted by molar-refractivity contribution is 7.15. The molecule has 0 aliphatic heterocycles. The monoisotopic (exact) mass is 239 g/mol. The summed E-state index contributed by atoms with van der Waals surface area (Å²) in [6.07, 6.45) is 4.27. The van der Waals surface area contributed by atoms with Gasteiger partial charge in [0.2, 0.25) is 0 Å². The first-order chi connectivity index (χ1) is 7.31. The van der Waals surface area contributed by atoms with Crippen LogP contribution < -0.4 is 5.73 Å². The van der Waals surface area contributed by atoms with Crippen LogP contribution in [0.25, 0.3) is 10.6 Å². The maximum absolute atomic E-state index is 6.00. The molecule has 2 heterocycles. The number of hydrogen-bond acceptors (Lipinski definition) is 4. The van der Waals surface area contributed by atoms with E-state index in [2.05, 4.69) is 9.97 Å². The Labute approximate surface area is 96.9 Å². The predicted octanol–water partition coefficient (Wildman–Crippen LogP) is 2.36. The average molecular weight is 240 g/mol. The van der Waals surface area contributed by atoms with Gasteiger partial charge in [0.05, 0.1) is 0 Å². The van der Waals surface area contributed by atoms with Crippen molar-refractivity contribution in [1.82, 2.24) is 9.97 Å². The van der Waals surface area contributed by atoms with E-state index in [4.69, 9.17) is 17.3 Å². The van der Waals surface area contributed by atoms with Crippen LogP contribution in [0, 0.1) is 0 Å². The number of halogens is 1. The standard InChI is InChI=1S/C10H10ClN3S/c11-9-8(1-4-12)15-10(14-9)7-2-5-13-6-3-7/h2-3,5-6H,1,4,12H2. The Morgan fingerprint density at radius 2 is 2.07 bits per heavy atom. The molecule has 2 aromatic rings. The van der Waals surface area contributed by atoms with Crippen LogP contribution in [0.15, 0.2) is 24.5 Å². The number of rotatable bonds is 3. The Balaban J connectivity index is 2.34. The van der Waals surface area contributed by atoms with E-state index >= 15 is 0 Å². The molecule has 78 valence electrons. The molecule has 5 heteroatoms. The quantitative estimate of drug-likeness (QED) is 0.895. The minimum absolute atomic E-state index is 0.567. The van der Waals surface area contributed by atoms with E-state index in [0.29, 0.717) is 11.7 Å². The summed E-state index contributed by atoms with van der Waals surface area (Å²) in [4.78, 5) is 9.31. The van der Waals surface area contributed by atoms with E-state index in [1.165, 1.54) is 0 Å². The average Bonchev–Trinajstić information content (AvgIpc) is 2.63. The van der Waals surface area contributed by atoms with Gasteiger partial charge in [-0.25, -0.2) is 4.98 Å². The summed E-state index contributed by atoms with van der Waals surface area (Å²) < 4.78 is 0. The number of pyridine rings is 1. The van der Waals surface area contributed by atoms with Crippen LogP contribution >= 0.6 is 22.9 Å². The number of nitrogens with two attached hydrogens (primary N) is 1. The summed E-state index contributed by atoms with van der Waals surface area (Å²) in [5.74, 6) is 0. The third kappa shape index (κ3) is 2.34. The fourth-order valence-corrected chi connectivity index (χ4v) is 2.56. The Morgan fingerprint density at radius 1 is 1.33 bits per heavy atom. The molecule has 15 heavy (non-hydrogen) atoms. The first-order valence-electron chi connectivity index (χ1n) is 4.57. The van der Waals surface area contributed by atoms with Gasteiger partial charge in [-0.05, 0) is 25.1 Å². The molecule has 0 aromatic carbocycles. The highest BCUT2D eigenvalue weighted by atomic mass is 35.5. The summed E-state index contributed by atoms with van der Waals surface area (Å²) in [6.45, 7) is 0.595. The normalized spacial score (nSPS) is 10.5. The van der Waals surface area contributed by atoms with Gasteiger partial charge < -0.3 is 5.73 Å². The molecule has 0 radical (unpaired) electrons. The lowest BCUT2D eigenvalue weighted by Crippen LogP contribution is -2.01. The zero-order chi connectivity index (χ0) is 10.7. The molecule has 0 fully saturated rings. The summed E-state index contributed by atoms with van der Waals surface area (Å²) in [7, 11) is 0. The van der Waals surface area contributed by atoms with Gasteiger partial charge in [-0.3, -0.25) is 4.98 Å². The zero-order valence-electron chi connectivity index (χ0n) is 7.98. The fraction of sp³-hybridized carbons (Fsp3) is 0.200. The number of nitrogens with zero attached hydrogens (tertiary/aromatic N) is 2. The van der Waals surface area contributed by atoms with E-state index in [0.717, 1.165) is 21.9 Å². The second kappa shape index (κ2) is 4.70. The van der Waals surface area contributed by atoms with Crippen LogP contribution in [0.3, 0.4) is 0 Å². The molecule has 2 aromatic heterocycles. The van der Waals surface area contributed by atoms with Crippen LogP contribution in [0.2, 0.25) is 5.15 Å². The van der Waals surface area contributed by atoms with Crippen LogP contribution in [0.1, 0.15) is 4.88 Å². The maximum Gasteiger partial charge on any atom is 0.143 e. The molecule has 0 amide bonds. The molecule has 0 spiro atoms. The Kier molecular flexibility index (Phi) is 3.30. The zero-order valence-corrected chi connectivity index (χ0v) is 9.55. The largest absolute Gasteiger partial charge is 0.330 e. The van der Waals surface area contributed by atoms with Crippen LogP contribution in [0.5, 0.6) is 0 Å². The van der Waals surface area contributed by atoms with Crippen molar-refractivity contribution < 1.29 is 0 Å². The SMILES string of the molecule is NCCc1sc(-c2ccncc2)nc1Cl.